The van der Waals surface area contributed by atoms with Crippen molar-refractivity contribution in [3.63, 3.8) is 0 Å². The summed E-state index contributed by atoms with van der Waals surface area (Å²) in [5.74, 6) is -0.0704. The molecule has 1 N–H and O–H groups in total. The van der Waals surface area contributed by atoms with E-state index in [0.29, 0.717) is 11.8 Å². The van der Waals surface area contributed by atoms with Crippen LogP contribution in [-0.2, 0) is 16.2 Å². The van der Waals surface area contributed by atoms with Gasteiger partial charge in [0.2, 0.25) is 0 Å². The van der Waals surface area contributed by atoms with Crippen LogP contribution in [0.5, 0.6) is 5.75 Å². The summed E-state index contributed by atoms with van der Waals surface area (Å²) >= 11 is 0. The van der Waals surface area contributed by atoms with Gasteiger partial charge in [0.15, 0.2) is 5.82 Å². The van der Waals surface area contributed by atoms with E-state index in [0.717, 1.165) is 6.20 Å². The quantitative estimate of drug-likeness (QED) is 0.610. The molecule has 0 aliphatic heterocycles. The molecule has 0 amide bonds. The summed E-state index contributed by atoms with van der Waals surface area (Å²) in [6.07, 6.45) is -3.79. The number of benzene rings is 1. The van der Waals surface area contributed by atoms with Gasteiger partial charge in [0, 0.05) is 12.3 Å². The highest BCUT2D eigenvalue weighted by molar-refractivity contribution is 7.92. The van der Waals surface area contributed by atoms with Crippen LogP contribution < -0.4 is 9.46 Å². The first-order valence-electron chi connectivity index (χ1n) is 8.96. The van der Waals surface area contributed by atoms with Crippen LogP contribution in [0.15, 0.2) is 41.4 Å². The molecular formula is C20H16F3N5O3S. The minimum absolute atomic E-state index is 0.0279. The second kappa shape index (κ2) is 8.43. The first kappa shape index (κ1) is 23.0. The fourth-order valence-corrected chi connectivity index (χ4v) is 4.11. The normalized spacial score (nSPS) is 11.7. The van der Waals surface area contributed by atoms with Gasteiger partial charge in [-0.15, -0.1) is 0 Å². The zero-order valence-electron chi connectivity index (χ0n) is 17.0. The van der Waals surface area contributed by atoms with Gasteiger partial charge in [-0.3, -0.25) is 4.72 Å². The zero-order chi connectivity index (χ0) is 23.7. The Kier molecular flexibility index (Phi) is 6.05. The number of methoxy groups -OCH3 is 1. The van der Waals surface area contributed by atoms with Crippen LogP contribution in [0.1, 0.15) is 22.5 Å². The van der Waals surface area contributed by atoms with Gasteiger partial charge in [0.05, 0.1) is 29.0 Å². The predicted molar refractivity (Wildman–Crippen MR) is 108 cm³/mol. The molecule has 0 bridgehead atoms. The number of rotatable bonds is 5. The van der Waals surface area contributed by atoms with Crippen molar-refractivity contribution in [2.24, 2.45) is 0 Å². The van der Waals surface area contributed by atoms with E-state index < -0.39 is 27.7 Å². The van der Waals surface area contributed by atoms with E-state index >= 15 is 0 Å². The molecule has 0 saturated carbocycles. The highest BCUT2D eigenvalue weighted by Gasteiger charge is 2.33. The number of ether oxygens (including phenoxy) is 1. The minimum atomic E-state index is -4.71. The number of sulfonamides is 1. The maximum absolute atomic E-state index is 13.0. The molecule has 166 valence electrons. The van der Waals surface area contributed by atoms with E-state index in [1.165, 1.54) is 39.2 Å². The summed E-state index contributed by atoms with van der Waals surface area (Å²) in [6.45, 7) is 2.91. The average molecular weight is 463 g/mol. The molecule has 0 aliphatic rings. The van der Waals surface area contributed by atoms with Gasteiger partial charge in [-0.2, -0.15) is 18.4 Å². The molecule has 3 aromatic rings. The van der Waals surface area contributed by atoms with E-state index in [1.54, 1.807) is 6.07 Å². The number of nitrogens with one attached hydrogen (secondary N) is 1. The van der Waals surface area contributed by atoms with E-state index in [1.807, 2.05) is 6.07 Å². The van der Waals surface area contributed by atoms with Crippen LogP contribution in [0.3, 0.4) is 0 Å². The zero-order valence-corrected chi connectivity index (χ0v) is 17.8. The molecule has 0 saturated heterocycles. The maximum Gasteiger partial charge on any atom is 0.433 e. The number of hydrogen-bond acceptors (Lipinski definition) is 7. The molecule has 2 aromatic heterocycles. The number of aromatic nitrogens is 3. The van der Waals surface area contributed by atoms with Crippen LogP contribution in [0.4, 0.5) is 18.9 Å². The van der Waals surface area contributed by atoms with E-state index in [2.05, 4.69) is 19.7 Å². The second-order valence-electron chi connectivity index (χ2n) is 6.58. The Morgan fingerprint density at radius 3 is 2.50 bits per heavy atom. The van der Waals surface area contributed by atoms with Gasteiger partial charge in [0.1, 0.15) is 23.2 Å². The molecule has 2 heterocycles. The van der Waals surface area contributed by atoms with Crippen LogP contribution in [0, 0.1) is 25.2 Å². The number of nitriles is 1. The monoisotopic (exact) mass is 463 g/mol. The highest BCUT2D eigenvalue weighted by Crippen LogP contribution is 2.33. The first-order chi connectivity index (χ1) is 15.0. The third-order valence-electron chi connectivity index (χ3n) is 4.49. The summed E-state index contributed by atoms with van der Waals surface area (Å²) in [4.78, 5) is 11.3. The summed E-state index contributed by atoms with van der Waals surface area (Å²) < 4.78 is 72.2. The lowest BCUT2D eigenvalue weighted by Gasteiger charge is -2.16. The summed E-state index contributed by atoms with van der Waals surface area (Å²) in [5.41, 5.74) is -1.20. The first-order valence-corrected chi connectivity index (χ1v) is 10.4. The standard InChI is InChI=1S/C20H16F3N5O3S/c1-11-15(10-24)18(19-25-8-7-16(27-19)20(21,22)23)26-12(2)17(11)28-32(29,30)14-6-4-5-13(9-14)31-3/h4-9,28H,1-3H3. The number of pyridine rings is 1. The smallest absolute Gasteiger partial charge is 0.433 e. The largest absolute Gasteiger partial charge is 0.497 e. The van der Waals surface area contributed by atoms with Crippen molar-refractivity contribution >= 4 is 15.7 Å². The van der Waals surface area contributed by atoms with Crippen molar-refractivity contribution in [2.45, 2.75) is 24.9 Å². The molecule has 8 nitrogen and oxygen atoms in total. The molecule has 32 heavy (non-hydrogen) atoms. The maximum atomic E-state index is 13.0. The van der Waals surface area contributed by atoms with Gasteiger partial charge in [-0.25, -0.2) is 23.4 Å². The van der Waals surface area contributed by atoms with Gasteiger partial charge in [-0.1, -0.05) is 6.07 Å². The third kappa shape index (κ3) is 4.47. The topological polar surface area (TPSA) is 118 Å². The number of anilines is 1. The molecule has 0 atom stereocenters. The Hall–Kier alpha value is -3.72. The predicted octanol–water partition coefficient (Wildman–Crippen LogP) is 3.86. The Morgan fingerprint density at radius 1 is 1.16 bits per heavy atom. The molecule has 1 aromatic carbocycles. The molecule has 0 aliphatic carbocycles. The lowest BCUT2D eigenvalue weighted by atomic mass is 10.0. The van der Waals surface area contributed by atoms with Crippen LogP contribution in [0.25, 0.3) is 11.5 Å². The van der Waals surface area contributed by atoms with E-state index in [9.17, 15) is 26.9 Å². The van der Waals surface area contributed by atoms with Crippen molar-refractivity contribution in [1.82, 2.24) is 15.0 Å². The van der Waals surface area contributed by atoms with Crippen molar-refractivity contribution in [1.29, 1.82) is 5.26 Å². The van der Waals surface area contributed by atoms with Gasteiger partial charge >= 0.3 is 6.18 Å². The van der Waals surface area contributed by atoms with Crippen molar-refractivity contribution in [2.75, 3.05) is 11.8 Å². The second-order valence-corrected chi connectivity index (χ2v) is 8.26. The Balaban J connectivity index is 2.11. The van der Waals surface area contributed by atoms with E-state index in [4.69, 9.17) is 4.74 Å². The lowest BCUT2D eigenvalue weighted by Crippen LogP contribution is -2.16. The average Bonchev–Trinajstić information content (AvgIpc) is 2.76. The number of nitrogens with zero attached hydrogens (tertiary/aromatic N) is 4. The van der Waals surface area contributed by atoms with Crippen molar-refractivity contribution in [3.05, 3.63) is 59.0 Å². The number of alkyl halides is 3. The van der Waals surface area contributed by atoms with Crippen molar-refractivity contribution in [3.8, 4) is 23.3 Å². The molecule has 0 fully saturated rings. The van der Waals surface area contributed by atoms with E-state index in [-0.39, 0.29) is 33.1 Å². The van der Waals surface area contributed by atoms with Gasteiger partial charge < -0.3 is 4.74 Å². The Morgan fingerprint density at radius 2 is 1.88 bits per heavy atom. The SMILES string of the molecule is COc1cccc(S(=O)(=O)Nc2c(C)nc(-c3nccc(C(F)(F)F)n3)c(C#N)c2C)c1. The summed E-state index contributed by atoms with van der Waals surface area (Å²) in [7, 11) is -2.68. The Labute approximate surface area is 181 Å². The molecule has 3 rings (SSSR count). The fourth-order valence-electron chi connectivity index (χ4n) is 2.89. The molecule has 0 spiro atoms. The Bertz CT molecular complexity index is 1340. The molecule has 12 heteroatoms. The third-order valence-corrected chi connectivity index (χ3v) is 5.83. The fraction of sp³-hybridized carbons (Fsp3) is 0.200. The van der Waals surface area contributed by atoms with Gasteiger partial charge in [-0.05, 0) is 37.6 Å². The van der Waals surface area contributed by atoms with Crippen molar-refractivity contribution < 1.29 is 26.3 Å². The lowest BCUT2D eigenvalue weighted by molar-refractivity contribution is -0.141. The number of hydrogen-bond donors (Lipinski definition) is 1. The minimum Gasteiger partial charge on any atom is -0.497 e. The summed E-state index contributed by atoms with van der Waals surface area (Å²) in [6, 6.07) is 8.31. The van der Waals surface area contributed by atoms with Crippen LogP contribution >= 0.6 is 0 Å². The highest BCUT2D eigenvalue weighted by atomic mass is 32.2. The molecule has 0 radical (unpaired) electrons. The van der Waals surface area contributed by atoms with Crippen LogP contribution in [0.2, 0.25) is 0 Å². The molecule has 0 unspecified atom stereocenters. The number of aryl methyl sites for hydroxylation is 1. The van der Waals surface area contributed by atoms with Crippen LogP contribution in [-0.4, -0.2) is 30.5 Å². The molecular weight excluding hydrogens is 447 g/mol. The summed E-state index contributed by atoms with van der Waals surface area (Å²) in [5, 5.41) is 9.63. The number of halogens is 3. The van der Waals surface area contributed by atoms with Gasteiger partial charge in [0.25, 0.3) is 10.0 Å².